The first kappa shape index (κ1) is 19.0. The van der Waals surface area contributed by atoms with E-state index in [1.54, 1.807) is 27.0 Å². The minimum atomic E-state index is -3.64. The summed E-state index contributed by atoms with van der Waals surface area (Å²) in [5.74, 6) is 0.336. The van der Waals surface area contributed by atoms with Crippen LogP contribution in [0.25, 0.3) is 0 Å². The van der Waals surface area contributed by atoms with Gasteiger partial charge in [-0.2, -0.15) is 0 Å². The molecule has 0 aliphatic heterocycles. The molecule has 0 radical (unpaired) electrons. The average molecular weight is 362 g/mol. The lowest BCUT2D eigenvalue weighted by atomic mass is 10.1. The van der Waals surface area contributed by atoms with Gasteiger partial charge in [0.05, 0.1) is 12.0 Å². The molecule has 1 amide bonds. The summed E-state index contributed by atoms with van der Waals surface area (Å²) in [5, 5.41) is 2.80. The Kier molecular flexibility index (Phi) is 5.81. The molecule has 2 rings (SSSR count). The molecule has 0 aliphatic carbocycles. The van der Waals surface area contributed by atoms with E-state index >= 15 is 0 Å². The van der Waals surface area contributed by atoms with E-state index in [1.165, 1.54) is 13.1 Å². The standard InChI is InChI=1S/C18H22N2O4S/c1-12-9-15(10-17(13(12)2)25(22,23)19-3)18(21)20-11-14-7-5-6-8-16(14)24-4/h5-10,19H,11H2,1-4H3,(H,20,21). The van der Waals surface area contributed by atoms with Gasteiger partial charge in [-0.3, -0.25) is 4.79 Å². The highest BCUT2D eigenvalue weighted by Gasteiger charge is 2.19. The Morgan fingerprint density at radius 1 is 1.16 bits per heavy atom. The van der Waals surface area contributed by atoms with Crippen LogP contribution in [0.3, 0.4) is 0 Å². The first-order chi connectivity index (χ1) is 11.8. The van der Waals surface area contributed by atoms with Crippen molar-refractivity contribution in [3.05, 3.63) is 58.7 Å². The Bertz CT molecular complexity index is 892. The van der Waals surface area contributed by atoms with Crippen LogP contribution in [0, 0.1) is 13.8 Å². The first-order valence-corrected chi connectivity index (χ1v) is 9.23. The smallest absolute Gasteiger partial charge is 0.251 e. The topological polar surface area (TPSA) is 84.5 Å². The van der Waals surface area contributed by atoms with Gasteiger partial charge in [0, 0.05) is 17.7 Å². The van der Waals surface area contributed by atoms with Crippen molar-refractivity contribution in [3.8, 4) is 5.75 Å². The van der Waals surface area contributed by atoms with Crippen LogP contribution in [0.4, 0.5) is 0 Å². The number of rotatable bonds is 6. The lowest BCUT2D eigenvalue weighted by Crippen LogP contribution is -2.25. The summed E-state index contributed by atoms with van der Waals surface area (Å²) in [6.07, 6.45) is 0. The monoisotopic (exact) mass is 362 g/mol. The van der Waals surface area contributed by atoms with E-state index in [-0.39, 0.29) is 17.3 Å². The van der Waals surface area contributed by atoms with Crippen LogP contribution in [0.2, 0.25) is 0 Å². The third-order valence-electron chi connectivity index (χ3n) is 4.07. The summed E-state index contributed by atoms with van der Waals surface area (Å²) in [7, 11) is -0.721. The maximum absolute atomic E-state index is 12.5. The molecule has 0 unspecified atom stereocenters. The van der Waals surface area contributed by atoms with E-state index in [4.69, 9.17) is 4.74 Å². The molecular formula is C18H22N2O4S. The zero-order valence-electron chi connectivity index (χ0n) is 14.7. The Balaban J connectivity index is 2.28. The van der Waals surface area contributed by atoms with Crippen molar-refractivity contribution in [2.75, 3.05) is 14.2 Å². The fourth-order valence-corrected chi connectivity index (χ4v) is 3.54. The number of ether oxygens (including phenoxy) is 1. The predicted molar refractivity (Wildman–Crippen MR) is 96.3 cm³/mol. The second kappa shape index (κ2) is 7.67. The number of hydrogen-bond donors (Lipinski definition) is 2. The van der Waals surface area contributed by atoms with Crippen molar-refractivity contribution in [2.45, 2.75) is 25.3 Å². The van der Waals surface area contributed by atoms with Crippen LogP contribution < -0.4 is 14.8 Å². The molecular weight excluding hydrogens is 340 g/mol. The number of sulfonamides is 1. The van der Waals surface area contributed by atoms with Crippen molar-refractivity contribution in [1.82, 2.24) is 10.0 Å². The minimum absolute atomic E-state index is 0.109. The van der Waals surface area contributed by atoms with Crippen LogP contribution in [0.5, 0.6) is 5.75 Å². The van der Waals surface area contributed by atoms with Crippen molar-refractivity contribution < 1.29 is 17.9 Å². The second-order valence-corrected chi connectivity index (χ2v) is 7.47. The maximum atomic E-state index is 12.5. The molecule has 2 aromatic carbocycles. The van der Waals surface area contributed by atoms with Crippen LogP contribution in [0.1, 0.15) is 27.0 Å². The average Bonchev–Trinajstić information content (AvgIpc) is 2.61. The van der Waals surface area contributed by atoms with E-state index in [9.17, 15) is 13.2 Å². The maximum Gasteiger partial charge on any atom is 0.251 e. The van der Waals surface area contributed by atoms with Crippen LogP contribution in [0.15, 0.2) is 41.3 Å². The molecule has 0 bridgehead atoms. The summed E-state index contributed by atoms with van der Waals surface area (Å²) >= 11 is 0. The lowest BCUT2D eigenvalue weighted by molar-refractivity contribution is 0.0950. The van der Waals surface area contributed by atoms with Gasteiger partial charge >= 0.3 is 0 Å². The second-order valence-electron chi connectivity index (χ2n) is 5.62. The summed E-state index contributed by atoms with van der Waals surface area (Å²) in [6.45, 7) is 3.78. The highest BCUT2D eigenvalue weighted by molar-refractivity contribution is 7.89. The van der Waals surface area contributed by atoms with E-state index in [0.29, 0.717) is 16.9 Å². The van der Waals surface area contributed by atoms with Crippen molar-refractivity contribution in [2.24, 2.45) is 0 Å². The van der Waals surface area contributed by atoms with Crippen molar-refractivity contribution in [3.63, 3.8) is 0 Å². The molecule has 25 heavy (non-hydrogen) atoms. The molecule has 0 atom stereocenters. The largest absolute Gasteiger partial charge is 0.496 e. The van der Waals surface area contributed by atoms with Gasteiger partial charge < -0.3 is 10.1 Å². The van der Waals surface area contributed by atoms with Crippen molar-refractivity contribution >= 4 is 15.9 Å². The molecule has 0 aliphatic rings. The fourth-order valence-electron chi connectivity index (χ4n) is 2.47. The number of methoxy groups -OCH3 is 1. The molecule has 134 valence electrons. The minimum Gasteiger partial charge on any atom is -0.496 e. The summed E-state index contributed by atoms with van der Waals surface area (Å²) < 4.78 is 31.9. The Morgan fingerprint density at radius 3 is 2.48 bits per heavy atom. The van der Waals surface area contributed by atoms with Gasteiger partial charge in [0.1, 0.15) is 5.75 Å². The molecule has 0 fully saturated rings. The molecule has 7 heteroatoms. The number of carbonyl (C=O) groups excluding carboxylic acids is 1. The van der Waals surface area contributed by atoms with E-state index in [1.807, 2.05) is 24.3 Å². The Labute approximate surface area is 148 Å². The quantitative estimate of drug-likeness (QED) is 0.825. The molecule has 0 saturated heterocycles. The summed E-state index contributed by atoms with van der Waals surface area (Å²) in [5.41, 5.74) is 2.49. The number of aryl methyl sites for hydroxylation is 1. The van der Waals surface area contributed by atoms with Crippen molar-refractivity contribution in [1.29, 1.82) is 0 Å². The zero-order chi connectivity index (χ0) is 18.6. The normalized spacial score (nSPS) is 11.2. The number of nitrogens with one attached hydrogen (secondary N) is 2. The van der Waals surface area contributed by atoms with E-state index in [0.717, 1.165) is 11.1 Å². The Hall–Kier alpha value is -2.38. The number of carbonyl (C=O) groups is 1. The molecule has 0 heterocycles. The van der Waals surface area contributed by atoms with Crippen LogP contribution in [-0.2, 0) is 16.6 Å². The Morgan fingerprint density at radius 2 is 1.84 bits per heavy atom. The third-order valence-corrected chi connectivity index (χ3v) is 5.61. The lowest BCUT2D eigenvalue weighted by Gasteiger charge is -2.13. The van der Waals surface area contributed by atoms with Gasteiger partial charge in [-0.25, -0.2) is 13.1 Å². The van der Waals surface area contributed by atoms with E-state index in [2.05, 4.69) is 10.0 Å². The summed E-state index contributed by atoms with van der Waals surface area (Å²) in [4.78, 5) is 12.6. The van der Waals surface area contributed by atoms with Gasteiger partial charge in [-0.15, -0.1) is 0 Å². The molecule has 0 saturated carbocycles. The molecule has 2 aromatic rings. The molecule has 2 N–H and O–H groups in total. The van der Waals surface area contributed by atoms with Gasteiger partial charge in [-0.1, -0.05) is 18.2 Å². The van der Waals surface area contributed by atoms with Crippen LogP contribution in [-0.4, -0.2) is 28.5 Å². The first-order valence-electron chi connectivity index (χ1n) is 7.75. The number of para-hydroxylation sites is 1. The highest BCUT2D eigenvalue weighted by Crippen LogP contribution is 2.21. The molecule has 0 aromatic heterocycles. The third kappa shape index (κ3) is 4.18. The SMILES string of the molecule is CNS(=O)(=O)c1cc(C(=O)NCc2ccccc2OC)cc(C)c1C. The van der Waals surface area contributed by atoms with Gasteiger partial charge in [0.2, 0.25) is 10.0 Å². The van der Waals surface area contributed by atoms with Gasteiger partial charge in [-0.05, 0) is 50.2 Å². The van der Waals surface area contributed by atoms with Gasteiger partial charge in [0.15, 0.2) is 0 Å². The van der Waals surface area contributed by atoms with Gasteiger partial charge in [0.25, 0.3) is 5.91 Å². The van der Waals surface area contributed by atoms with Crippen LogP contribution >= 0.6 is 0 Å². The predicted octanol–water partition coefficient (Wildman–Crippen LogP) is 2.15. The molecule has 0 spiro atoms. The van der Waals surface area contributed by atoms with E-state index < -0.39 is 10.0 Å². The molecule has 6 nitrogen and oxygen atoms in total. The number of hydrogen-bond acceptors (Lipinski definition) is 4. The summed E-state index contributed by atoms with van der Waals surface area (Å²) in [6, 6.07) is 10.5. The number of benzene rings is 2. The fraction of sp³-hybridized carbons (Fsp3) is 0.278. The highest BCUT2D eigenvalue weighted by atomic mass is 32.2. The number of amides is 1. The zero-order valence-corrected chi connectivity index (χ0v) is 15.5.